The van der Waals surface area contributed by atoms with Crippen LogP contribution in [0.5, 0.6) is 0 Å². The molecule has 206 valence electrons. The number of hydrogen-bond donors (Lipinski definition) is 2. The summed E-state index contributed by atoms with van der Waals surface area (Å²) in [5.41, 5.74) is -1.70. The molecule has 4 aliphatic carbocycles. The van der Waals surface area contributed by atoms with Crippen LogP contribution in [0.2, 0.25) is 0 Å². The summed E-state index contributed by atoms with van der Waals surface area (Å²) < 4.78 is 17.8. The largest absolute Gasteiger partial charge is 0.458 e. The second-order valence-electron chi connectivity index (χ2n) is 12.9. The Morgan fingerprint density at radius 3 is 2.58 bits per heavy atom. The normalized spacial score (nSPS) is 49.7. The van der Waals surface area contributed by atoms with Crippen LogP contribution in [-0.2, 0) is 28.6 Å². The van der Waals surface area contributed by atoms with E-state index in [-0.39, 0.29) is 29.7 Å². The van der Waals surface area contributed by atoms with Crippen molar-refractivity contribution in [2.75, 3.05) is 0 Å². The van der Waals surface area contributed by atoms with Gasteiger partial charge in [0.1, 0.15) is 29.5 Å². The fourth-order valence-corrected chi connectivity index (χ4v) is 9.14. The van der Waals surface area contributed by atoms with Crippen LogP contribution in [0.1, 0.15) is 67.2 Å². The van der Waals surface area contributed by atoms with Crippen LogP contribution < -0.4 is 0 Å². The highest BCUT2D eigenvalue weighted by Crippen LogP contribution is 2.73. The predicted molar refractivity (Wildman–Crippen MR) is 135 cm³/mol. The molecular weight excluding hydrogens is 488 g/mol. The summed E-state index contributed by atoms with van der Waals surface area (Å²) in [4.78, 5) is 38.3. The van der Waals surface area contributed by atoms with Gasteiger partial charge in [-0.3, -0.25) is 9.59 Å². The molecule has 1 spiro atoms. The van der Waals surface area contributed by atoms with Gasteiger partial charge in [0.05, 0.1) is 11.5 Å². The van der Waals surface area contributed by atoms with E-state index in [0.29, 0.717) is 31.3 Å². The van der Waals surface area contributed by atoms with E-state index in [1.165, 1.54) is 19.1 Å². The zero-order valence-electron chi connectivity index (χ0n) is 22.9. The average molecular weight is 527 g/mol. The number of carbonyl (C=O) groups excluding carboxylic acids is 3. The third-order valence-corrected chi connectivity index (χ3v) is 11.5. The van der Waals surface area contributed by atoms with Crippen molar-refractivity contribution in [3.8, 4) is 0 Å². The Balaban J connectivity index is 1.42. The summed E-state index contributed by atoms with van der Waals surface area (Å²) >= 11 is 0. The van der Waals surface area contributed by atoms with E-state index < -0.39 is 52.2 Å². The fraction of sp³-hybridized carbons (Fsp3) is 0.700. The molecule has 0 aromatic heterocycles. The van der Waals surface area contributed by atoms with E-state index in [1.807, 2.05) is 33.8 Å². The van der Waals surface area contributed by atoms with Crippen molar-refractivity contribution in [1.82, 2.24) is 0 Å². The van der Waals surface area contributed by atoms with Crippen LogP contribution in [0.3, 0.4) is 0 Å². The van der Waals surface area contributed by atoms with E-state index in [1.54, 1.807) is 6.92 Å². The van der Waals surface area contributed by atoms with Crippen molar-refractivity contribution in [1.29, 1.82) is 0 Å². The highest BCUT2D eigenvalue weighted by atomic mass is 16.6. The number of hydrogen-bond acceptors (Lipinski definition) is 8. The molecule has 2 N–H and O–H groups in total. The molecule has 38 heavy (non-hydrogen) atoms. The zero-order chi connectivity index (χ0) is 27.6. The van der Waals surface area contributed by atoms with Gasteiger partial charge in [-0.2, -0.15) is 0 Å². The first-order chi connectivity index (χ1) is 17.7. The standard InChI is InChI=1S/C30H38O8/c1-14-11-21(37-26(34)15(14)2)16(3)19-12-24(36-17(4)31)29(35)20-13-25-30(38-25)23(33)8-7-22(32)28(30,6)18(20)9-10-27(19,29)5/h7-8,12,16,18,20-21,23-25,33,35H,9-11,13H2,1-6H3/t16-,18-,20+,21+,23-,24-,25+,27+,28-,29-,30+/m0/s1. The summed E-state index contributed by atoms with van der Waals surface area (Å²) in [5.74, 6) is -1.81. The lowest BCUT2D eigenvalue weighted by Gasteiger charge is -2.61. The molecule has 11 atom stereocenters. The minimum atomic E-state index is -1.49. The minimum absolute atomic E-state index is 0.0949. The van der Waals surface area contributed by atoms with E-state index in [9.17, 15) is 24.6 Å². The molecule has 1 saturated heterocycles. The van der Waals surface area contributed by atoms with Crippen LogP contribution in [-0.4, -0.2) is 63.6 Å². The number of ether oxygens (including phenoxy) is 3. The second kappa shape index (κ2) is 7.89. The molecule has 3 fully saturated rings. The van der Waals surface area contributed by atoms with Gasteiger partial charge in [0.25, 0.3) is 0 Å². The molecule has 0 aromatic rings. The van der Waals surface area contributed by atoms with E-state index in [4.69, 9.17) is 14.2 Å². The first kappa shape index (κ1) is 26.0. The molecule has 2 saturated carbocycles. The minimum Gasteiger partial charge on any atom is -0.458 e. The van der Waals surface area contributed by atoms with Gasteiger partial charge in [-0.05, 0) is 70.1 Å². The van der Waals surface area contributed by atoms with Crippen molar-refractivity contribution in [2.24, 2.45) is 28.6 Å². The third kappa shape index (κ3) is 2.89. The third-order valence-electron chi connectivity index (χ3n) is 11.5. The highest BCUT2D eigenvalue weighted by molar-refractivity contribution is 5.98. The number of carbonyl (C=O) groups is 3. The van der Waals surface area contributed by atoms with Gasteiger partial charge in [-0.1, -0.05) is 25.0 Å². The maximum absolute atomic E-state index is 13.5. The van der Waals surface area contributed by atoms with Crippen molar-refractivity contribution in [3.63, 3.8) is 0 Å². The second-order valence-corrected chi connectivity index (χ2v) is 12.9. The Morgan fingerprint density at radius 2 is 1.92 bits per heavy atom. The number of epoxide rings is 1. The summed E-state index contributed by atoms with van der Waals surface area (Å²) in [6, 6.07) is 0. The van der Waals surface area contributed by atoms with Crippen LogP contribution >= 0.6 is 0 Å². The number of ketones is 1. The number of aliphatic hydroxyl groups is 2. The summed E-state index contributed by atoms with van der Waals surface area (Å²) in [6.07, 6.45) is 4.53. The SMILES string of the molecule is CC(=O)O[C@H]1C=C([C@H](C)[C@H]2CC(C)=C(C)C(=O)O2)[C@@]2(C)CC[C@H]3[C@@H](C[C@H]4O[C@]45[C@@H](O)C=CC(=O)[C@]35C)[C@]12O. The summed E-state index contributed by atoms with van der Waals surface area (Å²) in [5, 5.41) is 23.8. The predicted octanol–water partition coefficient (Wildman–Crippen LogP) is 2.96. The molecule has 2 heterocycles. The van der Waals surface area contributed by atoms with Crippen molar-refractivity contribution < 1.29 is 38.8 Å². The molecule has 8 nitrogen and oxygen atoms in total. The Labute approximate surface area is 223 Å². The van der Waals surface area contributed by atoms with Crippen LogP contribution in [0.25, 0.3) is 0 Å². The van der Waals surface area contributed by atoms with Gasteiger partial charge in [0, 0.05) is 30.3 Å². The molecule has 0 unspecified atom stereocenters. The zero-order valence-corrected chi connectivity index (χ0v) is 22.9. The van der Waals surface area contributed by atoms with Gasteiger partial charge in [-0.25, -0.2) is 4.79 Å². The average Bonchev–Trinajstić information content (AvgIpc) is 3.55. The molecule has 0 bridgehead atoms. The maximum Gasteiger partial charge on any atom is 0.333 e. The van der Waals surface area contributed by atoms with Gasteiger partial charge in [0.15, 0.2) is 5.78 Å². The monoisotopic (exact) mass is 526 g/mol. The first-order valence-electron chi connectivity index (χ1n) is 13.8. The first-order valence-corrected chi connectivity index (χ1v) is 13.8. The van der Waals surface area contributed by atoms with Gasteiger partial charge in [-0.15, -0.1) is 0 Å². The molecule has 0 aromatic carbocycles. The van der Waals surface area contributed by atoms with E-state index in [0.717, 1.165) is 11.1 Å². The summed E-state index contributed by atoms with van der Waals surface area (Å²) in [7, 11) is 0. The number of esters is 2. The smallest absolute Gasteiger partial charge is 0.333 e. The molecule has 2 aliphatic heterocycles. The topological polar surface area (TPSA) is 123 Å². The van der Waals surface area contributed by atoms with Crippen molar-refractivity contribution >= 4 is 17.7 Å². The maximum atomic E-state index is 13.5. The van der Waals surface area contributed by atoms with E-state index in [2.05, 4.69) is 0 Å². The molecule has 0 amide bonds. The van der Waals surface area contributed by atoms with Crippen LogP contribution in [0.15, 0.2) is 34.9 Å². The number of allylic oxidation sites excluding steroid dienone is 1. The van der Waals surface area contributed by atoms with Crippen molar-refractivity contribution in [2.45, 2.75) is 103 Å². The lowest BCUT2D eigenvalue weighted by molar-refractivity contribution is -0.224. The number of fused-ring (bicyclic) bond motifs is 4. The Kier molecular flexibility index (Phi) is 5.39. The Morgan fingerprint density at radius 1 is 1.21 bits per heavy atom. The van der Waals surface area contributed by atoms with Crippen molar-refractivity contribution in [3.05, 3.63) is 34.9 Å². The Hall–Kier alpha value is -2.29. The quantitative estimate of drug-likeness (QED) is 0.327. The molecule has 6 rings (SSSR count). The number of rotatable bonds is 3. The summed E-state index contributed by atoms with van der Waals surface area (Å²) in [6.45, 7) is 10.9. The molecule has 8 heteroatoms. The number of aliphatic hydroxyl groups excluding tert-OH is 1. The fourth-order valence-electron chi connectivity index (χ4n) is 9.14. The lowest BCUT2D eigenvalue weighted by Crippen LogP contribution is -2.70. The lowest BCUT2D eigenvalue weighted by atomic mass is 9.42. The van der Waals surface area contributed by atoms with Gasteiger partial charge in [0.2, 0.25) is 0 Å². The van der Waals surface area contributed by atoms with Crippen LogP contribution in [0, 0.1) is 28.6 Å². The van der Waals surface area contributed by atoms with Crippen LogP contribution in [0.4, 0.5) is 0 Å². The van der Waals surface area contributed by atoms with Gasteiger partial charge < -0.3 is 24.4 Å². The van der Waals surface area contributed by atoms with E-state index >= 15 is 0 Å². The number of cyclic esters (lactones) is 1. The highest BCUT2D eigenvalue weighted by Gasteiger charge is 2.82. The molecule has 6 aliphatic rings. The Bertz CT molecular complexity index is 1230. The molecular formula is C30H38O8. The van der Waals surface area contributed by atoms with Gasteiger partial charge >= 0.3 is 11.9 Å². The molecule has 0 radical (unpaired) electrons.